The van der Waals surface area contributed by atoms with Crippen molar-refractivity contribution in [1.82, 2.24) is 19.5 Å². The summed E-state index contributed by atoms with van der Waals surface area (Å²) in [6.45, 7) is 7.45. The van der Waals surface area contributed by atoms with Crippen LogP contribution in [0, 0.1) is 20.8 Å². The molecule has 9 heteroatoms. The molecule has 3 aromatic rings. The van der Waals surface area contributed by atoms with Gasteiger partial charge in [0.1, 0.15) is 5.01 Å². The van der Waals surface area contributed by atoms with Crippen LogP contribution in [0.5, 0.6) is 0 Å². The highest BCUT2D eigenvalue weighted by molar-refractivity contribution is 7.16. The van der Waals surface area contributed by atoms with E-state index in [-0.39, 0.29) is 18.0 Å². The first-order chi connectivity index (χ1) is 13.9. The van der Waals surface area contributed by atoms with Gasteiger partial charge in [0.2, 0.25) is 10.9 Å². The summed E-state index contributed by atoms with van der Waals surface area (Å²) in [6, 6.07) is 7.29. The minimum Gasteiger partial charge on any atom is -0.383 e. The van der Waals surface area contributed by atoms with E-state index < -0.39 is 0 Å². The number of hydrogen-bond acceptors (Lipinski definition) is 7. The van der Waals surface area contributed by atoms with Gasteiger partial charge in [-0.15, -0.1) is 0 Å². The molecule has 3 rings (SSSR count). The number of rotatable bonds is 8. The van der Waals surface area contributed by atoms with E-state index in [9.17, 15) is 9.59 Å². The van der Waals surface area contributed by atoms with Crippen molar-refractivity contribution in [3.05, 3.63) is 56.4 Å². The molecule has 1 N–H and O–H groups in total. The van der Waals surface area contributed by atoms with Crippen LogP contribution in [0.1, 0.15) is 21.8 Å². The van der Waals surface area contributed by atoms with Crippen molar-refractivity contribution in [2.24, 2.45) is 0 Å². The first-order valence-electron chi connectivity index (χ1n) is 9.31. The number of nitrogens with zero attached hydrogens (tertiary/aromatic N) is 4. The largest absolute Gasteiger partial charge is 0.383 e. The molecule has 0 aliphatic heterocycles. The van der Waals surface area contributed by atoms with E-state index in [1.807, 2.05) is 36.9 Å². The number of benzene rings is 1. The summed E-state index contributed by atoms with van der Waals surface area (Å²) in [5.41, 5.74) is 3.45. The van der Waals surface area contributed by atoms with E-state index in [0.29, 0.717) is 30.4 Å². The van der Waals surface area contributed by atoms with Gasteiger partial charge in [0.25, 0.3) is 5.56 Å². The highest BCUT2D eigenvalue weighted by atomic mass is 32.1. The monoisotopic (exact) mass is 415 g/mol. The van der Waals surface area contributed by atoms with E-state index in [2.05, 4.69) is 15.4 Å². The Balaban J connectivity index is 1.74. The molecule has 1 amide bonds. The zero-order valence-corrected chi connectivity index (χ0v) is 17.9. The van der Waals surface area contributed by atoms with E-state index >= 15 is 0 Å². The first-order valence-corrected chi connectivity index (χ1v) is 10.1. The minimum absolute atomic E-state index is 0.109. The lowest BCUT2D eigenvalue weighted by Crippen LogP contribution is -2.35. The van der Waals surface area contributed by atoms with Gasteiger partial charge in [-0.2, -0.15) is 9.61 Å². The SMILES string of the molecule is COCCN(CC(=O)Nc1cccc(C)c1C)Cc1nn2c(=O)cc(C)nc2s1. The Bertz CT molecular complexity index is 1080. The average Bonchev–Trinajstić information content (AvgIpc) is 3.06. The zero-order chi connectivity index (χ0) is 21.0. The van der Waals surface area contributed by atoms with Crippen LogP contribution in [-0.4, -0.2) is 52.2 Å². The van der Waals surface area contributed by atoms with Crippen molar-refractivity contribution in [3.8, 4) is 0 Å². The van der Waals surface area contributed by atoms with Gasteiger partial charge >= 0.3 is 0 Å². The molecular weight excluding hydrogens is 390 g/mol. The Morgan fingerprint density at radius 1 is 1.31 bits per heavy atom. The Morgan fingerprint density at radius 3 is 2.86 bits per heavy atom. The molecule has 8 nitrogen and oxygen atoms in total. The van der Waals surface area contributed by atoms with Gasteiger partial charge in [-0.1, -0.05) is 23.5 Å². The molecule has 0 aliphatic rings. The van der Waals surface area contributed by atoms with Crippen LogP contribution >= 0.6 is 11.3 Å². The Kier molecular flexibility index (Phi) is 6.73. The van der Waals surface area contributed by atoms with E-state index in [4.69, 9.17) is 4.74 Å². The molecule has 0 saturated heterocycles. The Morgan fingerprint density at radius 2 is 2.10 bits per heavy atom. The van der Waals surface area contributed by atoms with Gasteiger partial charge in [0.05, 0.1) is 19.7 Å². The van der Waals surface area contributed by atoms with Crippen molar-refractivity contribution in [2.45, 2.75) is 27.3 Å². The molecule has 1 aromatic carbocycles. The van der Waals surface area contributed by atoms with Crippen molar-refractivity contribution >= 4 is 27.9 Å². The maximum absolute atomic E-state index is 12.6. The fraction of sp³-hybridized carbons (Fsp3) is 0.400. The van der Waals surface area contributed by atoms with Gasteiger partial charge in [-0.25, -0.2) is 4.98 Å². The molecule has 2 heterocycles. The Labute approximate surface area is 173 Å². The predicted molar refractivity (Wildman–Crippen MR) is 114 cm³/mol. The van der Waals surface area contributed by atoms with Crippen molar-refractivity contribution in [1.29, 1.82) is 0 Å². The number of carbonyl (C=O) groups is 1. The number of aromatic nitrogens is 3. The molecule has 0 saturated carbocycles. The third kappa shape index (κ3) is 5.26. The van der Waals surface area contributed by atoms with E-state index in [1.54, 1.807) is 14.0 Å². The third-order valence-corrected chi connectivity index (χ3v) is 5.52. The van der Waals surface area contributed by atoms with Gasteiger partial charge in [-0.3, -0.25) is 14.5 Å². The lowest BCUT2D eigenvalue weighted by Gasteiger charge is -2.20. The van der Waals surface area contributed by atoms with Gasteiger partial charge in [0.15, 0.2) is 0 Å². The molecular formula is C20H25N5O3S. The van der Waals surface area contributed by atoms with Crippen LogP contribution in [0.25, 0.3) is 4.96 Å². The number of hydrogen-bond donors (Lipinski definition) is 1. The molecule has 0 spiro atoms. The quantitative estimate of drug-likeness (QED) is 0.607. The molecule has 0 aliphatic carbocycles. The molecule has 0 bridgehead atoms. The summed E-state index contributed by atoms with van der Waals surface area (Å²) in [5, 5.41) is 8.06. The second-order valence-corrected chi connectivity index (χ2v) is 7.97. The average molecular weight is 416 g/mol. The number of methoxy groups -OCH3 is 1. The number of nitrogens with one attached hydrogen (secondary N) is 1. The molecule has 0 atom stereocenters. The Hall–Kier alpha value is -2.62. The molecule has 0 radical (unpaired) electrons. The van der Waals surface area contributed by atoms with Crippen LogP contribution in [-0.2, 0) is 16.1 Å². The predicted octanol–water partition coefficient (Wildman–Crippen LogP) is 2.16. The van der Waals surface area contributed by atoms with Gasteiger partial charge in [-0.05, 0) is 38.0 Å². The van der Waals surface area contributed by atoms with Gasteiger partial charge < -0.3 is 10.1 Å². The lowest BCUT2D eigenvalue weighted by atomic mass is 10.1. The van der Waals surface area contributed by atoms with Crippen molar-refractivity contribution in [3.63, 3.8) is 0 Å². The normalized spacial score (nSPS) is 11.3. The number of aryl methyl sites for hydroxylation is 2. The number of amides is 1. The molecule has 29 heavy (non-hydrogen) atoms. The summed E-state index contributed by atoms with van der Waals surface area (Å²) in [6.07, 6.45) is 0. The molecule has 0 fully saturated rings. The first kappa shape index (κ1) is 21.1. The topological polar surface area (TPSA) is 88.8 Å². The summed E-state index contributed by atoms with van der Waals surface area (Å²) in [4.78, 5) is 31.6. The minimum atomic E-state index is -0.203. The standard InChI is InChI=1S/C20H25N5O3S/c1-13-6-5-7-16(15(13)3)22-17(26)11-24(8-9-28-4)12-18-23-25-19(27)10-14(2)21-20(25)29-18/h5-7,10H,8-9,11-12H2,1-4H3,(H,22,26). The maximum atomic E-state index is 12.6. The van der Waals surface area contributed by atoms with Crippen LogP contribution in [0.15, 0.2) is 29.1 Å². The molecule has 154 valence electrons. The highest BCUT2D eigenvalue weighted by Crippen LogP contribution is 2.18. The second-order valence-electron chi connectivity index (χ2n) is 6.93. The summed E-state index contributed by atoms with van der Waals surface area (Å²) < 4.78 is 6.48. The smallest absolute Gasteiger partial charge is 0.275 e. The molecule has 0 unspecified atom stereocenters. The number of carbonyl (C=O) groups excluding carboxylic acids is 1. The van der Waals surface area contributed by atoms with Crippen molar-refractivity contribution in [2.75, 3.05) is 32.1 Å². The van der Waals surface area contributed by atoms with Crippen molar-refractivity contribution < 1.29 is 9.53 Å². The fourth-order valence-electron chi connectivity index (χ4n) is 2.93. The highest BCUT2D eigenvalue weighted by Gasteiger charge is 2.16. The number of fused-ring (bicyclic) bond motifs is 1. The van der Waals surface area contributed by atoms with Gasteiger partial charge in [0, 0.05) is 31.1 Å². The van der Waals surface area contributed by atoms with Crippen LogP contribution < -0.4 is 10.9 Å². The van der Waals surface area contributed by atoms with E-state index in [0.717, 1.165) is 21.8 Å². The van der Waals surface area contributed by atoms with Crippen LogP contribution in [0.2, 0.25) is 0 Å². The van der Waals surface area contributed by atoms with Crippen LogP contribution in [0.4, 0.5) is 5.69 Å². The number of anilines is 1. The number of ether oxygens (including phenoxy) is 1. The zero-order valence-electron chi connectivity index (χ0n) is 17.1. The van der Waals surface area contributed by atoms with Crippen LogP contribution in [0.3, 0.4) is 0 Å². The maximum Gasteiger partial charge on any atom is 0.275 e. The third-order valence-electron chi connectivity index (χ3n) is 4.63. The molecule has 2 aromatic heterocycles. The fourth-order valence-corrected chi connectivity index (χ4v) is 3.92. The van der Waals surface area contributed by atoms with E-state index in [1.165, 1.54) is 21.9 Å². The second kappa shape index (κ2) is 9.25. The summed E-state index contributed by atoms with van der Waals surface area (Å²) in [5.74, 6) is -0.109. The summed E-state index contributed by atoms with van der Waals surface area (Å²) in [7, 11) is 1.62. The summed E-state index contributed by atoms with van der Waals surface area (Å²) >= 11 is 1.35. The lowest BCUT2D eigenvalue weighted by molar-refractivity contribution is -0.117.